The van der Waals surface area contributed by atoms with Crippen molar-refractivity contribution in [3.8, 4) is 22.6 Å². The molecule has 0 radical (unpaired) electrons. The van der Waals surface area contributed by atoms with Crippen LogP contribution in [0.25, 0.3) is 22.2 Å². The number of aryl methyl sites for hydroxylation is 1. The Kier molecular flexibility index (Phi) is 9.11. The lowest BCUT2D eigenvalue weighted by Gasteiger charge is -2.36. The van der Waals surface area contributed by atoms with Gasteiger partial charge in [-0.15, -0.1) is 0 Å². The highest BCUT2D eigenvalue weighted by Gasteiger charge is 2.24. The number of ether oxygens (including phenoxy) is 2. The van der Waals surface area contributed by atoms with Crippen molar-refractivity contribution in [1.29, 1.82) is 0 Å². The maximum absolute atomic E-state index is 13.9. The molecule has 1 aliphatic rings. The van der Waals surface area contributed by atoms with Crippen LogP contribution in [0.1, 0.15) is 6.42 Å². The molecule has 0 bridgehead atoms. The minimum Gasteiger partial charge on any atom is -0.495 e. The van der Waals surface area contributed by atoms with Crippen LogP contribution in [0.5, 0.6) is 11.5 Å². The highest BCUT2D eigenvalue weighted by Crippen LogP contribution is 2.45. The van der Waals surface area contributed by atoms with Crippen LogP contribution in [0.4, 0.5) is 5.95 Å². The number of piperazine rings is 1. The van der Waals surface area contributed by atoms with Gasteiger partial charge in [0.25, 0.3) is 5.56 Å². The fourth-order valence-corrected chi connectivity index (χ4v) is 5.35. The predicted octanol–water partition coefficient (Wildman–Crippen LogP) is 3.34. The molecule has 1 saturated heterocycles. The van der Waals surface area contributed by atoms with E-state index in [0.717, 1.165) is 32.7 Å². The normalized spacial score (nSPS) is 15.4. The molecule has 2 aromatic heterocycles. The summed E-state index contributed by atoms with van der Waals surface area (Å²) in [6, 6.07) is 3.29. The van der Waals surface area contributed by atoms with E-state index < -0.39 is 6.23 Å². The molecule has 0 saturated carbocycles. The molecule has 3 aromatic rings. The number of aliphatic hydroxyl groups is 1. The largest absolute Gasteiger partial charge is 0.495 e. The Morgan fingerprint density at radius 2 is 1.79 bits per heavy atom. The van der Waals surface area contributed by atoms with E-state index in [1.54, 1.807) is 29.9 Å². The Balaban J connectivity index is 1.70. The second-order valence-corrected chi connectivity index (χ2v) is 9.66. The van der Waals surface area contributed by atoms with Crippen LogP contribution in [0.3, 0.4) is 0 Å². The van der Waals surface area contributed by atoms with Gasteiger partial charge in [0.2, 0.25) is 5.95 Å². The Morgan fingerprint density at radius 1 is 1.13 bits per heavy atom. The van der Waals surface area contributed by atoms with Crippen molar-refractivity contribution in [2.45, 2.75) is 19.2 Å². The molecule has 4 rings (SSSR count). The van der Waals surface area contributed by atoms with Gasteiger partial charge in [-0.2, -0.15) is 4.98 Å². The first-order valence-electron chi connectivity index (χ1n) is 12.3. The number of halogens is 2. The van der Waals surface area contributed by atoms with Crippen molar-refractivity contribution in [2.75, 3.05) is 59.3 Å². The zero-order chi connectivity index (χ0) is 27.4. The van der Waals surface area contributed by atoms with Gasteiger partial charge in [0.15, 0.2) is 0 Å². The summed E-state index contributed by atoms with van der Waals surface area (Å²) in [4.78, 5) is 27.2. The number of anilines is 1. The van der Waals surface area contributed by atoms with Crippen molar-refractivity contribution in [1.82, 2.24) is 24.3 Å². The summed E-state index contributed by atoms with van der Waals surface area (Å²) >= 11 is 13.3. The molecule has 1 fully saturated rings. The van der Waals surface area contributed by atoms with Crippen LogP contribution in [-0.4, -0.2) is 89.7 Å². The molecular formula is C26H32Cl2N6O4. The summed E-state index contributed by atoms with van der Waals surface area (Å²) in [6.07, 6.45) is 3.29. The van der Waals surface area contributed by atoms with Crippen molar-refractivity contribution in [3.05, 3.63) is 51.4 Å². The van der Waals surface area contributed by atoms with Crippen LogP contribution >= 0.6 is 23.2 Å². The van der Waals surface area contributed by atoms with Crippen LogP contribution in [0.2, 0.25) is 10.0 Å². The molecule has 12 heteroatoms. The number of aromatic nitrogens is 3. The smallest absolute Gasteiger partial charge is 0.260 e. The van der Waals surface area contributed by atoms with E-state index in [1.807, 2.05) is 4.90 Å². The number of aliphatic hydroxyl groups excluding tert-OH is 1. The second-order valence-electron chi connectivity index (χ2n) is 8.90. The third-order valence-corrected chi connectivity index (χ3v) is 7.49. The van der Waals surface area contributed by atoms with Crippen LogP contribution in [0, 0.1) is 0 Å². The van der Waals surface area contributed by atoms with Gasteiger partial charge in [0.05, 0.1) is 29.8 Å². The third-order valence-electron chi connectivity index (χ3n) is 6.74. The molecule has 1 atom stereocenters. The van der Waals surface area contributed by atoms with E-state index in [9.17, 15) is 9.90 Å². The standard InChI is InChI=1S/C26H32Cl2N6O4/c1-5-20(35)33-11-9-32(10-12-33)7-6-8-34-24-16(15-30-26(29-2)31-24)13-17(25(34)36)21-22(27)18(37-3)14-19(38-4)23(21)28/h5,13-15,20,35H,1,6-12H2,2-4H3,(H,29,30,31). The number of pyridine rings is 1. The van der Waals surface area contributed by atoms with E-state index in [1.165, 1.54) is 20.3 Å². The van der Waals surface area contributed by atoms with Gasteiger partial charge >= 0.3 is 0 Å². The molecule has 1 aromatic carbocycles. The van der Waals surface area contributed by atoms with Gasteiger partial charge < -0.3 is 24.8 Å². The van der Waals surface area contributed by atoms with Crippen LogP contribution in [-0.2, 0) is 6.54 Å². The van der Waals surface area contributed by atoms with Gasteiger partial charge in [-0.25, -0.2) is 4.98 Å². The molecule has 38 heavy (non-hydrogen) atoms. The number of rotatable bonds is 10. The third kappa shape index (κ3) is 5.60. The fraction of sp³-hybridized carbons (Fsp3) is 0.423. The lowest BCUT2D eigenvalue weighted by Crippen LogP contribution is -2.50. The first kappa shape index (κ1) is 28.1. The van der Waals surface area contributed by atoms with E-state index in [2.05, 4.69) is 26.8 Å². The lowest BCUT2D eigenvalue weighted by atomic mass is 10.0. The zero-order valence-corrected chi connectivity index (χ0v) is 23.2. The fourth-order valence-electron chi connectivity index (χ4n) is 4.64. The maximum atomic E-state index is 13.9. The summed E-state index contributed by atoms with van der Waals surface area (Å²) in [5.41, 5.74) is 0.868. The van der Waals surface area contributed by atoms with E-state index in [-0.39, 0.29) is 15.6 Å². The van der Waals surface area contributed by atoms with Crippen molar-refractivity contribution in [3.63, 3.8) is 0 Å². The summed E-state index contributed by atoms with van der Waals surface area (Å²) < 4.78 is 12.5. The average molecular weight is 563 g/mol. The van der Waals surface area contributed by atoms with Gasteiger partial charge in [-0.05, 0) is 25.1 Å². The van der Waals surface area contributed by atoms with E-state index in [4.69, 9.17) is 32.7 Å². The minimum absolute atomic E-state index is 0.216. The number of fused-ring (bicyclic) bond motifs is 1. The van der Waals surface area contributed by atoms with Crippen LogP contribution < -0.4 is 20.3 Å². The Morgan fingerprint density at radius 3 is 2.37 bits per heavy atom. The quantitative estimate of drug-likeness (QED) is 0.360. The highest BCUT2D eigenvalue weighted by atomic mass is 35.5. The van der Waals surface area contributed by atoms with Gasteiger partial charge in [-0.1, -0.05) is 29.8 Å². The number of nitrogens with one attached hydrogen (secondary N) is 1. The van der Waals surface area contributed by atoms with Gasteiger partial charge in [0.1, 0.15) is 23.4 Å². The Labute approximate surface area is 231 Å². The summed E-state index contributed by atoms with van der Waals surface area (Å²) in [6.45, 7) is 8.01. The minimum atomic E-state index is -0.625. The number of hydrogen-bond acceptors (Lipinski definition) is 9. The molecule has 204 valence electrons. The van der Waals surface area contributed by atoms with Gasteiger partial charge in [0, 0.05) is 63.0 Å². The number of hydrogen-bond donors (Lipinski definition) is 2. The van der Waals surface area contributed by atoms with Crippen molar-refractivity contribution < 1.29 is 14.6 Å². The first-order valence-corrected chi connectivity index (χ1v) is 13.0. The first-order chi connectivity index (χ1) is 18.3. The number of methoxy groups -OCH3 is 2. The van der Waals surface area contributed by atoms with Crippen LogP contribution in [0.15, 0.2) is 35.8 Å². The van der Waals surface area contributed by atoms with Gasteiger partial charge in [-0.3, -0.25) is 14.3 Å². The molecule has 0 spiro atoms. The lowest BCUT2D eigenvalue weighted by molar-refractivity contribution is 0.00542. The highest BCUT2D eigenvalue weighted by molar-refractivity contribution is 6.41. The second kappa shape index (κ2) is 12.3. The number of benzene rings is 1. The Bertz CT molecular complexity index is 1350. The SMILES string of the molecule is C=CC(O)N1CCN(CCCn2c(=O)c(-c3c(Cl)c(OC)cc(OC)c3Cl)cc3cnc(NC)nc32)CC1. The molecule has 0 aliphatic carbocycles. The molecule has 2 N–H and O–H groups in total. The zero-order valence-electron chi connectivity index (χ0n) is 21.7. The van der Waals surface area contributed by atoms with Crippen molar-refractivity contribution >= 4 is 40.2 Å². The number of nitrogens with zero attached hydrogens (tertiary/aromatic N) is 5. The average Bonchev–Trinajstić information content (AvgIpc) is 2.94. The molecule has 3 heterocycles. The molecule has 10 nitrogen and oxygen atoms in total. The summed E-state index contributed by atoms with van der Waals surface area (Å²) in [7, 11) is 4.70. The molecule has 1 aliphatic heterocycles. The predicted molar refractivity (Wildman–Crippen MR) is 151 cm³/mol. The molecule has 1 unspecified atom stereocenters. The summed E-state index contributed by atoms with van der Waals surface area (Å²) in [5, 5.41) is 14.0. The molecule has 0 amide bonds. The Hall–Kier alpha value is -2.89. The topological polar surface area (TPSA) is 105 Å². The van der Waals surface area contributed by atoms with E-state index >= 15 is 0 Å². The maximum Gasteiger partial charge on any atom is 0.260 e. The van der Waals surface area contributed by atoms with Crippen molar-refractivity contribution in [2.24, 2.45) is 0 Å². The monoisotopic (exact) mass is 562 g/mol. The molecular weight excluding hydrogens is 531 g/mol. The van der Waals surface area contributed by atoms with E-state index in [0.29, 0.717) is 52.6 Å². The summed E-state index contributed by atoms with van der Waals surface area (Å²) in [5.74, 6) is 1.10.